The number of rotatable bonds is 7. The highest BCUT2D eigenvalue weighted by molar-refractivity contribution is 6.14. The van der Waals surface area contributed by atoms with Crippen molar-refractivity contribution in [1.82, 2.24) is 10.6 Å². The van der Waals surface area contributed by atoms with Gasteiger partial charge in [-0.15, -0.1) is 0 Å². The summed E-state index contributed by atoms with van der Waals surface area (Å²) in [5.74, 6) is -2.83. The molecule has 11 heteroatoms. The number of aliphatic hydroxyl groups excluding tert-OH is 1. The number of carbonyl (C=O) groups excluding carboxylic acids is 3. The fourth-order valence-corrected chi connectivity index (χ4v) is 7.79. The number of ether oxygens (including phenoxy) is 3. The predicted octanol–water partition coefficient (Wildman–Crippen LogP) is 5.59. The standard InChI is InChI=1S/C40H42N4O7/c1-10-23-19(2)28-16-32-26-13-11-25(38(47)50-8)37(39(48)51-9)40(26,6)34(44-32)18-29-21(4)36(22(5)45)33(43-29)17-31-24(12-14-35(46)49-7)20(3)27(42-31)15-30(23)41-28/h10-11,13,15-18,20,27,37,42,44-45H,1,5,12,14H2,2-4,6-9H3/b30-15-,32-16-,33-17-,34-18-/t20?,27?,37-,40+/m0/s1. The number of nitrogens with zero attached hydrogens (tertiary/aromatic N) is 2. The molecule has 3 N–H and O–H groups in total. The molecule has 1 saturated heterocycles. The lowest BCUT2D eigenvalue weighted by Gasteiger charge is -2.36. The van der Waals surface area contributed by atoms with E-state index in [0.29, 0.717) is 46.1 Å². The lowest BCUT2D eigenvalue weighted by atomic mass is 9.64. The number of nitrogens with one attached hydrogen (secondary N) is 2. The summed E-state index contributed by atoms with van der Waals surface area (Å²) in [4.78, 5) is 49.0. The van der Waals surface area contributed by atoms with Gasteiger partial charge < -0.3 is 30.0 Å². The molecule has 0 aromatic heterocycles. The fourth-order valence-electron chi connectivity index (χ4n) is 7.79. The average Bonchev–Trinajstić information content (AvgIpc) is 3.77. The smallest absolute Gasteiger partial charge is 0.334 e. The summed E-state index contributed by atoms with van der Waals surface area (Å²) in [5.41, 5.74) is 8.12. The van der Waals surface area contributed by atoms with Crippen molar-refractivity contribution in [2.45, 2.75) is 46.6 Å². The van der Waals surface area contributed by atoms with Crippen LogP contribution in [0.15, 0.2) is 139 Å². The zero-order valence-corrected chi connectivity index (χ0v) is 29.9. The Kier molecular flexibility index (Phi) is 9.09. The largest absolute Gasteiger partial charge is 0.508 e. The van der Waals surface area contributed by atoms with Crippen LogP contribution in [0, 0.1) is 17.3 Å². The SMILES string of the molecule is C=CC1=C(C)C2=NC/1=C\C1NC(=C(CCC(=O)OC)C1C)/C=C1N=C(/C=C3\N/C(=C\2)C2=CC=C(C(=O)OC)[C@@H](C(=O)OC)[C@]23C)C(C)=C\1C(=C)O. The average molecular weight is 691 g/mol. The molecule has 4 atom stereocenters. The Morgan fingerprint density at radius 3 is 2.35 bits per heavy atom. The molecule has 51 heavy (non-hydrogen) atoms. The lowest BCUT2D eigenvalue weighted by Crippen LogP contribution is -2.41. The summed E-state index contributed by atoms with van der Waals surface area (Å²) in [7, 11) is 3.93. The molecule has 264 valence electrons. The van der Waals surface area contributed by atoms with E-state index < -0.39 is 23.3 Å². The Morgan fingerprint density at radius 2 is 1.71 bits per heavy atom. The van der Waals surface area contributed by atoms with Crippen LogP contribution in [0.3, 0.4) is 0 Å². The third kappa shape index (κ3) is 5.66. The van der Waals surface area contributed by atoms with Gasteiger partial charge in [-0.3, -0.25) is 9.59 Å². The van der Waals surface area contributed by atoms with Gasteiger partial charge in [0, 0.05) is 40.6 Å². The molecule has 2 unspecified atom stereocenters. The van der Waals surface area contributed by atoms with Crippen molar-refractivity contribution < 1.29 is 33.7 Å². The second-order valence-corrected chi connectivity index (χ2v) is 13.3. The maximum atomic E-state index is 13.6. The van der Waals surface area contributed by atoms with Crippen LogP contribution in [0.4, 0.5) is 0 Å². The molecule has 0 aromatic rings. The van der Waals surface area contributed by atoms with Crippen molar-refractivity contribution in [2.75, 3.05) is 21.3 Å². The summed E-state index contributed by atoms with van der Waals surface area (Å²) >= 11 is 0. The van der Waals surface area contributed by atoms with E-state index in [-0.39, 0.29) is 35.7 Å². The van der Waals surface area contributed by atoms with Gasteiger partial charge in [-0.05, 0) is 73.8 Å². The van der Waals surface area contributed by atoms with E-state index in [1.54, 1.807) is 12.2 Å². The summed E-state index contributed by atoms with van der Waals surface area (Å²) in [5, 5.41) is 18.0. The molecule has 0 saturated carbocycles. The number of hydrogen-bond acceptors (Lipinski definition) is 11. The van der Waals surface area contributed by atoms with Gasteiger partial charge in [-0.2, -0.15) is 0 Å². The van der Waals surface area contributed by atoms with Crippen molar-refractivity contribution in [1.29, 1.82) is 0 Å². The Balaban J connectivity index is 1.65. The minimum atomic E-state index is -1.13. The predicted molar refractivity (Wildman–Crippen MR) is 194 cm³/mol. The van der Waals surface area contributed by atoms with Crippen LogP contribution in [0.5, 0.6) is 0 Å². The minimum absolute atomic E-state index is 0.0247. The third-order valence-corrected chi connectivity index (χ3v) is 10.7. The zero-order chi connectivity index (χ0) is 36.9. The maximum Gasteiger partial charge on any atom is 0.334 e. The lowest BCUT2D eigenvalue weighted by molar-refractivity contribution is -0.150. The van der Waals surface area contributed by atoms with Crippen molar-refractivity contribution in [3.8, 4) is 0 Å². The highest BCUT2D eigenvalue weighted by Crippen LogP contribution is 2.55. The number of fused-ring (bicyclic) bond motifs is 9. The van der Waals surface area contributed by atoms with Crippen molar-refractivity contribution in [3.05, 3.63) is 129 Å². The first-order valence-corrected chi connectivity index (χ1v) is 16.7. The van der Waals surface area contributed by atoms with Crippen LogP contribution in [-0.2, 0) is 28.6 Å². The van der Waals surface area contributed by atoms with Gasteiger partial charge in [-0.25, -0.2) is 14.8 Å². The molecule has 6 rings (SSSR count). The minimum Gasteiger partial charge on any atom is -0.508 e. The molecule has 5 aliphatic heterocycles. The highest BCUT2D eigenvalue weighted by Gasteiger charge is 2.55. The monoisotopic (exact) mass is 690 g/mol. The second-order valence-electron chi connectivity index (χ2n) is 13.3. The van der Waals surface area contributed by atoms with E-state index in [9.17, 15) is 19.5 Å². The number of methoxy groups -OCH3 is 3. The van der Waals surface area contributed by atoms with Gasteiger partial charge in [0.1, 0.15) is 11.7 Å². The number of carbonyl (C=O) groups is 3. The van der Waals surface area contributed by atoms with Crippen molar-refractivity contribution in [2.24, 2.45) is 27.2 Å². The molecule has 0 radical (unpaired) electrons. The fraction of sp³-hybridized carbons (Fsp3) is 0.325. The summed E-state index contributed by atoms with van der Waals surface area (Å²) in [6.45, 7) is 15.7. The van der Waals surface area contributed by atoms with Crippen LogP contribution < -0.4 is 10.6 Å². The molecule has 11 nitrogen and oxygen atoms in total. The van der Waals surface area contributed by atoms with Gasteiger partial charge >= 0.3 is 17.9 Å². The van der Waals surface area contributed by atoms with Crippen LogP contribution in [-0.4, -0.2) is 61.8 Å². The van der Waals surface area contributed by atoms with Crippen LogP contribution in [0.25, 0.3) is 0 Å². The molecule has 8 bridgehead atoms. The quantitative estimate of drug-likeness (QED) is 0.177. The van der Waals surface area contributed by atoms with Crippen LogP contribution in [0.1, 0.15) is 40.5 Å². The number of aliphatic hydroxyl groups is 1. The van der Waals surface area contributed by atoms with E-state index in [0.717, 1.165) is 33.7 Å². The Labute approximate surface area is 297 Å². The normalized spacial score (nSPS) is 30.4. The van der Waals surface area contributed by atoms with Crippen molar-refractivity contribution >= 4 is 29.3 Å². The van der Waals surface area contributed by atoms with Gasteiger partial charge in [0.2, 0.25) is 0 Å². The number of hydrogen-bond donors (Lipinski definition) is 3. The van der Waals surface area contributed by atoms with Crippen molar-refractivity contribution in [3.63, 3.8) is 0 Å². The molecule has 0 amide bonds. The number of esters is 3. The summed E-state index contributed by atoms with van der Waals surface area (Å²) in [6.07, 6.45) is 13.6. The van der Waals surface area contributed by atoms with Gasteiger partial charge in [0.05, 0.1) is 61.2 Å². The highest BCUT2D eigenvalue weighted by atomic mass is 16.5. The van der Waals surface area contributed by atoms with Gasteiger partial charge in [-0.1, -0.05) is 38.3 Å². The molecular weight excluding hydrogens is 648 g/mol. The van der Waals surface area contributed by atoms with E-state index >= 15 is 0 Å². The summed E-state index contributed by atoms with van der Waals surface area (Å²) in [6, 6.07) is -0.190. The first kappa shape index (κ1) is 35.1. The van der Waals surface area contributed by atoms with Gasteiger partial charge in [0.25, 0.3) is 0 Å². The zero-order valence-electron chi connectivity index (χ0n) is 29.9. The maximum absolute atomic E-state index is 13.6. The number of allylic oxidation sites excluding steroid dienone is 10. The van der Waals surface area contributed by atoms with E-state index in [2.05, 4.69) is 36.8 Å². The Bertz CT molecular complexity index is 2060. The Hall–Kier alpha value is -5.71. The van der Waals surface area contributed by atoms with E-state index in [1.807, 2.05) is 45.1 Å². The topological polar surface area (TPSA) is 148 Å². The van der Waals surface area contributed by atoms with Gasteiger partial charge in [0.15, 0.2) is 0 Å². The third-order valence-electron chi connectivity index (χ3n) is 10.7. The molecule has 1 aliphatic carbocycles. The van der Waals surface area contributed by atoms with Crippen LogP contribution in [0.2, 0.25) is 0 Å². The molecule has 5 heterocycles. The molecule has 0 spiro atoms. The first-order chi connectivity index (χ1) is 24.3. The second kappa shape index (κ2) is 13.2. The first-order valence-electron chi connectivity index (χ1n) is 16.7. The molecular formula is C40H42N4O7. The molecule has 0 aromatic carbocycles. The Morgan fingerprint density at radius 1 is 1.00 bits per heavy atom. The summed E-state index contributed by atoms with van der Waals surface area (Å²) < 4.78 is 15.3. The molecule has 6 aliphatic rings. The van der Waals surface area contributed by atoms with Crippen LogP contribution >= 0.6 is 0 Å². The molecule has 1 fully saturated rings. The van der Waals surface area contributed by atoms with E-state index in [1.165, 1.54) is 21.3 Å². The van der Waals surface area contributed by atoms with E-state index in [4.69, 9.17) is 24.2 Å². The number of aliphatic imine (C=N–C) groups is 2.